The summed E-state index contributed by atoms with van der Waals surface area (Å²) in [6, 6.07) is 9.84. The third kappa shape index (κ3) is 9.00. The number of esters is 1. The van der Waals surface area contributed by atoms with Gasteiger partial charge >= 0.3 is 5.97 Å². The smallest absolute Gasteiger partial charge is 0.355 e. The lowest BCUT2D eigenvalue weighted by Crippen LogP contribution is -2.48. The standard InChI is InChI=1S/C35H43F3N6O4S/c1-22(2)21-48-35(45)34-33(27-18-25(36)8-11-31(27)42-34)30(39)20-44(40)19-23-12-15-43(16-13-23)17-14-41-49(46,47)26-9-6-24(7-10-26)32-28(37)4-3-5-29(32)38/h3-11,18,20,22-23,28,32,41-42H,12-17,19,21,39-40H2,1-2H3/p+1/b30-20-. The normalized spacial score (nSPS) is 19.4. The third-order valence-corrected chi connectivity index (χ3v) is 10.2. The van der Waals surface area contributed by atoms with Gasteiger partial charge in [-0.05, 0) is 85.8 Å². The highest BCUT2D eigenvalue weighted by Crippen LogP contribution is 2.34. The van der Waals surface area contributed by atoms with Crippen LogP contribution in [0.3, 0.4) is 0 Å². The minimum atomic E-state index is -3.80. The van der Waals surface area contributed by atoms with Crippen molar-refractivity contribution in [3.63, 3.8) is 0 Å². The minimum absolute atomic E-state index is 0.0272. The van der Waals surface area contributed by atoms with Gasteiger partial charge in [0.15, 0.2) is 5.70 Å². The van der Waals surface area contributed by atoms with Crippen LogP contribution in [-0.4, -0.2) is 74.8 Å². The molecule has 49 heavy (non-hydrogen) atoms. The van der Waals surface area contributed by atoms with Gasteiger partial charge in [-0.2, -0.15) is 0 Å². The quantitative estimate of drug-likeness (QED) is 0.118. The molecule has 2 atom stereocenters. The van der Waals surface area contributed by atoms with E-state index >= 15 is 0 Å². The van der Waals surface area contributed by atoms with Crippen molar-refractivity contribution in [1.29, 1.82) is 0 Å². The van der Waals surface area contributed by atoms with Gasteiger partial charge < -0.3 is 25.4 Å². The molecule has 7 N–H and O–H groups in total. The number of nitrogens with zero attached hydrogens (tertiary/aromatic N) is 2. The number of carbonyl (C=O) groups excluding carboxylic acids is 1. The van der Waals surface area contributed by atoms with E-state index in [4.69, 9.17) is 10.6 Å². The number of alkyl halides is 1. The van der Waals surface area contributed by atoms with E-state index in [1.807, 2.05) is 13.8 Å². The molecular weight excluding hydrogens is 657 g/mol. The Bertz CT molecular complexity index is 1830. The minimum Gasteiger partial charge on any atom is -0.461 e. The molecule has 1 aliphatic heterocycles. The number of nitrogens with one attached hydrogen (secondary N) is 2. The van der Waals surface area contributed by atoms with Crippen LogP contribution in [0.15, 0.2) is 77.6 Å². The molecule has 0 radical (unpaired) electrons. The zero-order chi connectivity index (χ0) is 35.3. The molecule has 1 fully saturated rings. The van der Waals surface area contributed by atoms with Crippen molar-refractivity contribution in [1.82, 2.24) is 19.6 Å². The molecule has 0 saturated carbocycles. The Hall–Kier alpha value is -3.95. The molecular formula is C35H44F3N6O4S+. The van der Waals surface area contributed by atoms with Crippen molar-refractivity contribution in [2.24, 2.45) is 17.7 Å². The van der Waals surface area contributed by atoms with Gasteiger partial charge in [0.2, 0.25) is 10.0 Å². The number of halogens is 3. The number of aromatic nitrogens is 1. The maximum atomic E-state index is 14.2. The number of carbonyl (C=O) groups is 1. The second-order valence-electron chi connectivity index (χ2n) is 13.0. The Balaban J connectivity index is 1.12. The fourth-order valence-corrected chi connectivity index (χ4v) is 7.23. The summed E-state index contributed by atoms with van der Waals surface area (Å²) in [4.78, 5) is 18.2. The van der Waals surface area contributed by atoms with Gasteiger partial charge in [-0.1, -0.05) is 32.1 Å². The second kappa shape index (κ2) is 15.7. The molecule has 2 aliphatic rings. The number of nitrogens with two attached hydrogens (primary N) is 1. The van der Waals surface area contributed by atoms with Crippen molar-refractivity contribution < 1.29 is 36.9 Å². The van der Waals surface area contributed by atoms with Crippen LogP contribution in [0.2, 0.25) is 0 Å². The Morgan fingerprint density at radius 2 is 1.90 bits per heavy atom. The Morgan fingerprint density at radius 1 is 1.18 bits per heavy atom. The lowest BCUT2D eigenvalue weighted by molar-refractivity contribution is -0.245. The summed E-state index contributed by atoms with van der Waals surface area (Å²) in [5, 5.41) is 2.04. The zero-order valence-corrected chi connectivity index (χ0v) is 28.5. The Labute approximate surface area is 284 Å². The largest absolute Gasteiger partial charge is 0.461 e. The number of hydrogen-bond donors (Lipinski definition) is 4. The zero-order valence-electron chi connectivity index (χ0n) is 27.7. The first-order valence-electron chi connectivity index (χ1n) is 16.4. The SMILES string of the molecule is CC(C)COC(=O)c1[nH]c2ccc(F)cc2c1/C([NH3+])=C/N(N)CC1CCN(CCNS(=O)(=O)c2ccc(C3C(F)=CC=CC3F)cc2)CC1. The molecule has 2 aromatic carbocycles. The molecule has 0 amide bonds. The second-order valence-corrected chi connectivity index (χ2v) is 14.8. The van der Waals surface area contributed by atoms with E-state index < -0.39 is 39.7 Å². The fraction of sp³-hybridized carbons (Fsp3) is 0.400. The van der Waals surface area contributed by atoms with Gasteiger partial charge in [-0.15, -0.1) is 0 Å². The third-order valence-electron chi connectivity index (χ3n) is 8.77. The first-order chi connectivity index (χ1) is 23.3. The van der Waals surface area contributed by atoms with Crippen molar-refractivity contribution in [2.75, 3.05) is 39.3 Å². The summed E-state index contributed by atoms with van der Waals surface area (Å²) in [5.74, 6) is 4.11. The number of fused-ring (bicyclic) bond motifs is 1. The highest BCUT2D eigenvalue weighted by Gasteiger charge is 2.28. The number of allylic oxidation sites excluding steroid dienone is 4. The Kier molecular flexibility index (Phi) is 11.7. The van der Waals surface area contributed by atoms with Crippen LogP contribution in [0, 0.1) is 17.7 Å². The van der Waals surface area contributed by atoms with Crippen molar-refractivity contribution in [2.45, 2.75) is 43.7 Å². The lowest BCUT2D eigenvalue weighted by Gasteiger charge is -2.33. The predicted octanol–water partition coefficient (Wildman–Crippen LogP) is 4.37. The van der Waals surface area contributed by atoms with E-state index in [1.165, 1.54) is 59.6 Å². The monoisotopic (exact) mass is 701 g/mol. The molecule has 5 rings (SSSR count). The number of likely N-dealkylation sites (tertiary alicyclic amines) is 1. The van der Waals surface area contributed by atoms with Crippen LogP contribution < -0.4 is 16.3 Å². The van der Waals surface area contributed by atoms with Gasteiger partial charge in [-0.25, -0.2) is 36.9 Å². The molecule has 0 bridgehead atoms. The van der Waals surface area contributed by atoms with E-state index in [9.17, 15) is 26.4 Å². The number of quaternary nitrogens is 1. The number of piperidine rings is 1. The van der Waals surface area contributed by atoms with Crippen LogP contribution in [-0.2, 0) is 14.8 Å². The molecule has 10 nitrogen and oxygen atoms in total. The van der Waals surface area contributed by atoms with Crippen LogP contribution in [0.25, 0.3) is 16.6 Å². The first-order valence-corrected chi connectivity index (χ1v) is 17.8. The van der Waals surface area contributed by atoms with E-state index in [1.54, 1.807) is 12.3 Å². The van der Waals surface area contributed by atoms with Crippen LogP contribution in [0.5, 0.6) is 0 Å². The van der Waals surface area contributed by atoms with Gasteiger partial charge in [0, 0.05) is 30.5 Å². The number of hydrogen-bond acceptors (Lipinski definition) is 7. The highest BCUT2D eigenvalue weighted by atomic mass is 32.2. The van der Waals surface area contributed by atoms with E-state index in [0.29, 0.717) is 40.8 Å². The maximum Gasteiger partial charge on any atom is 0.355 e. The van der Waals surface area contributed by atoms with Crippen molar-refractivity contribution in [3.05, 3.63) is 95.4 Å². The molecule has 14 heteroatoms. The van der Waals surface area contributed by atoms with Crippen LogP contribution in [0.1, 0.15) is 54.2 Å². The van der Waals surface area contributed by atoms with Gasteiger partial charge in [0.05, 0.1) is 29.2 Å². The summed E-state index contributed by atoms with van der Waals surface area (Å²) < 4.78 is 76.4. The van der Waals surface area contributed by atoms with Crippen LogP contribution >= 0.6 is 0 Å². The highest BCUT2D eigenvalue weighted by molar-refractivity contribution is 7.89. The number of ether oxygens (including phenoxy) is 1. The number of rotatable bonds is 13. The van der Waals surface area contributed by atoms with Crippen molar-refractivity contribution in [3.8, 4) is 0 Å². The first kappa shape index (κ1) is 36.3. The summed E-state index contributed by atoms with van der Waals surface area (Å²) in [6.45, 7) is 6.86. The number of H-pyrrole nitrogens is 1. The molecule has 1 aliphatic carbocycles. The summed E-state index contributed by atoms with van der Waals surface area (Å²) in [6.07, 6.45) is 5.61. The average Bonchev–Trinajstić information content (AvgIpc) is 3.43. The molecule has 2 unspecified atom stereocenters. The molecule has 1 saturated heterocycles. The predicted molar refractivity (Wildman–Crippen MR) is 182 cm³/mol. The summed E-state index contributed by atoms with van der Waals surface area (Å²) >= 11 is 0. The number of sulfonamides is 1. The number of benzene rings is 2. The number of aromatic amines is 1. The topological polar surface area (TPSA) is 148 Å². The van der Waals surface area contributed by atoms with E-state index in [0.717, 1.165) is 25.9 Å². The maximum absolute atomic E-state index is 14.2. The van der Waals surface area contributed by atoms with Gasteiger partial charge in [-0.3, -0.25) is 0 Å². The molecule has 1 aromatic heterocycles. The fourth-order valence-electron chi connectivity index (χ4n) is 6.21. The molecule has 264 valence electrons. The molecule has 3 aromatic rings. The van der Waals surface area contributed by atoms with Gasteiger partial charge in [0.25, 0.3) is 0 Å². The number of hydrazine groups is 1. The Morgan fingerprint density at radius 3 is 2.57 bits per heavy atom. The lowest BCUT2D eigenvalue weighted by atomic mass is 9.90. The van der Waals surface area contributed by atoms with Gasteiger partial charge in [0.1, 0.15) is 23.5 Å². The van der Waals surface area contributed by atoms with Crippen molar-refractivity contribution >= 4 is 32.6 Å². The molecule has 0 spiro atoms. The van der Waals surface area contributed by atoms with Crippen LogP contribution in [0.4, 0.5) is 13.2 Å². The summed E-state index contributed by atoms with van der Waals surface area (Å²) in [5.41, 5.74) is 6.16. The molecule has 2 heterocycles. The summed E-state index contributed by atoms with van der Waals surface area (Å²) in [7, 11) is -3.80. The van der Waals surface area contributed by atoms with E-state index in [2.05, 4.69) is 20.3 Å². The average molecular weight is 702 g/mol. The van der Waals surface area contributed by atoms with E-state index in [-0.39, 0.29) is 35.6 Å².